The molecule has 0 N–H and O–H groups in total. The molecule has 0 fully saturated rings. The van der Waals surface area contributed by atoms with Crippen molar-refractivity contribution < 1.29 is 23.9 Å². The summed E-state index contributed by atoms with van der Waals surface area (Å²) in [6, 6.07) is 0. The maximum absolute atomic E-state index is 12.4. The lowest BCUT2D eigenvalue weighted by Crippen LogP contribution is -2.41. The number of carbonyl (C=O) groups is 2. The first kappa shape index (κ1) is 21.2. The van der Waals surface area contributed by atoms with Gasteiger partial charge in [-0.3, -0.25) is 9.59 Å². The maximum Gasteiger partial charge on any atom is 0.235 e. The van der Waals surface area contributed by atoms with Gasteiger partial charge in [0.15, 0.2) is 11.6 Å². The van der Waals surface area contributed by atoms with Crippen molar-refractivity contribution in [3.05, 3.63) is 23.8 Å². The number of aliphatic imine (C=N–C) groups is 1. The number of rotatable bonds is 11. The summed E-state index contributed by atoms with van der Waals surface area (Å²) < 4.78 is 11.1. The summed E-state index contributed by atoms with van der Waals surface area (Å²) >= 11 is 0. The minimum Gasteiger partial charge on any atom is -0.378 e. The molecule has 0 aromatic heterocycles. The van der Waals surface area contributed by atoms with E-state index in [1.165, 1.54) is 38.5 Å². The highest BCUT2D eigenvalue weighted by Gasteiger charge is 2.36. The molecule has 4 atom stereocenters. The van der Waals surface area contributed by atoms with Crippen LogP contribution in [0.5, 0.6) is 0 Å². The quantitative estimate of drug-likeness (QED) is 0.325. The molecule has 0 spiro atoms. The van der Waals surface area contributed by atoms with Crippen molar-refractivity contribution in [3.8, 4) is 0 Å². The zero-order valence-electron chi connectivity index (χ0n) is 15.4. The minimum atomic E-state index is -0.514. The molecule has 6 nitrogen and oxygen atoms in total. The molecule has 1 aliphatic rings. The highest BCUT2D eigenvalue weighted by Crippen LogP contribution is 2.32. The van der Waals surface area contributed by atoms with Gasteiger partial charge < -0.3 is 9.47 Å². The number of ether oxygens (including phenoxy) is 2. The van der Waals surface area contributed by atoms with Gasteiger partial charge in [-0.2, -0.15) is 0 Å². The first-order chi connectivity index (χ1) is 12.0. The van der Waals surface area contributed by atoms with Crippen molar-refractivity contribution in [2.75, 3.05) is 20.8 Å². The van der Waals surface area contributed by atoms with E-state index in [4.69, 9.17) is 9.47 Å². The van der Waals surface area contributed by atoms with E-state index in [1.54, 1.807) is 0 Å². The Hall–Kier alpha value is -1.88. The summed E-state index contributed by atoms with van der Waals surface area (Å²) in [5.41, 5.74) is 0.430. The summed E-state index contributed by atoms with van der Waals surface area (Å²) in [5.74, 6) is -0.379. The summed E-state index contributed by atoms with van der Waals surface area (Å²) in [6.45, 7) is 4.30. The molecule has 6 heteroatoms. The number of hydrogen-bond donors (Lipinski definition) is 0. The molecule has 0 bridgehead atoms. The Morgan fingerprint density at radius 1 is 1.20 bits per heavy atom. The number of allylic oxidation sites excluding steroid dienone is 3. The van der Waals surface area contributed by atoms with E-state index in [9.17, 15) is 14.4 Å². The molecule has 0 aromatic rings. The van der Waals surface area contributed by atoms with Gasteiger partial charge in [0.1, 0.15) is 6.10 Å². The highest BCUT2D eigenvalue weighted by molar-refractivity contribution is 6.17. The van der Waals surface area contributed by atoms with Crippen molar-refractivity contribution in [2.45, 2.75) is 45.3 Å². The molecule has 138 valence electrons. The average Bonchev–Trinajstić information content (AvgIpc) is 2.59. The third-order valence-electron chi connectivity index (χ3n) is 4.49. The van der Waals surface area contributed by atoms with Gasteiger partial charge in [0, 0.05) is 25.7 Å². The summed E-state index contributed by atoms with van der Waals surface area (Å²) in [6.07, 6.45) is 7.14. The summed E-state index contributed by atoms with van der Waals surface area (Å²) in [4.78, 5) is 38.2. The Bertz CT molecular complexity index is 574. The van der Waals surface area contributed by atoms with Crippen molar-refractivity contribution in [2.24, 2.45) is 16.8 Å². The maximum atomic E-state index is 12.4. The van der Waals surface area contributed by atoms with Crippen LogP contribution in [0.3, 0.4) is 0 Å². The van der Waals surface area contributed by atoms with E-state index in [0.717, 1.165) is 12.8 Å². The van der Waals surface area contributed by atoms with Crippen LogP contribution in [-0.2, 0) is 23.9 Å². The lowest BCUT2D eigenvalue weighted by Gasteiger charge is -2.34. The molecule has 0 saturated carbocycles. The second-order valence-electron chi connectivity index (χ2n) is 6.34. The average molecular weight is 349 g/mol. The Balaban J connectivity index is 3.20. The van der Waals surface area contributed by atoms with Crippen LogP contribution in [0.1, 0.15) is 33.1 Å². The van der Waals surface area contributed by atoms with Crippen molar-refractivity contribution >= 4 is 17.6 Å². The molecule has 1 rings (SSSR count). The topological polar surface area (TPSA) is 82.0 Å². The Labute approximate surface area is 149 Å². The third kappa shape index (κ3) is 6.16. The molecule has 0 heterocycles. The minimum absolute atomic E-state index is 0.0857. The molecule has 1 aliphatic carbocycles. The molecule has 0 aromatic carbocycles. The van der Waals surface area contributed by atoms with Crippen molar-refractivity contribution in [1.82, 2.24) is 0 Å². The molecule has 4 unspecified atom stereocenters. The van der Waals surface area contributed by atoms with Crippen LogP contribution in [-0.4, -0.2) is 50.6 Å². The standard InChI is InChI=1S/C19H27NO5/c1-5-6-13(2)9-16(15-10-14(22)7-8-17(15)23)19(25-4)18(24-3)11-20-12-21/h7-8,10,13,16,18-19H,5-6,9,11H2,1-4H3. The number of hydrogen-bond acceptors (Lipinski definition) is 6. The van der Waals surface area contributed by atoms with Crippen LogP contribution >= 0.6 is 0 Å². The van der Waals surface area contributed by atoms with Crippen LogP contribution in [0.4, 0.5) is 0 Å². The predicted octanol–water partition coefficient (Wildman–Crippen LogP) is 2.43. The van der Waals surface area contributed by atoms with Gasteiger partial charge in [0.05, 0.1) is 12.6 Å². The van der Waals surface area contributed by atoms with E-state index in [0.29, 0.717) is 17.9 Å². The number of nitrogens with zero attached hydrogens (tertiary/aromatic N) is 1. The molecular formula is C19H27NO5. The Morgan fingerprint density at radius 2 is 1.92 bits per heavy atom. The van der Waals surface area contributed by atoms with Gasteiger partial charge >= 0.3 is 0 Å². The first-order valence-corrected chi connectivity index (χ1v) is 8.55. The lowest BCUT2D eigenvalue weighted by atomic mass is 9.78. The van der Waals surface area contributed by atoms with Gasteiger partial charge in [0.25, 0.3) is 0 Å². The van der Waals surface area contributed by atoms with E-state index in [-0.39, 0.29) is 24.0 Å². The van der Waals surface area contributed by atoms with E-state index in [2.05, 4.69) is 18.8 Å². The van der Waals surface area contributed by atoms with E-state index >= 15 is 0 Å². The zero-order valence-corrected chi connectivity index (χ0v) is 15.4. The number of carbonyl (C=O) groups excluding carboxylic acids is 3. The highest BCUT2D eigenvalue weighted by atomic mass is 16.5. The fourth-order valence-corrected chi connectivity index (χ4v) is 3.31. The monoisotopic (exact) mass is 349 g/mol. The largest absolute Gasteiger partial charge is 0.378 e. The Morgan fingerprint density at radius 3 is 2.48 bits per heavy atom. The van der Waals surface area contributed by atoms with Gasteiger partial charge in [-0.25, -0.2) is 9.79 Å². The smallest absolute Gasteiger partial charge is 0.235 e. The van der Waals surface area contributed by atoms with Crippen LogP contribution in [0.25, 0.3) is 0 Å². The van der Waals surface area contributed by atoms with Gasteiger partial charge in [-0.15, -0.1) is 0 Å². The number of methoxy groups -OCH3 is 2. The summed E-state index contributed by atoms with van der Waals surface area (Å²) in [5, 5.41) is 0. The first-order valence-electron chi connectivity index (χ1n) is 8.55. The van der Waals surface area contributed by atoms with E-state index < -0.39 is 12.2 Å². The van der Waals surface area contributed by atoms with Crippen LogP contribution in [0.2, 0.25) is 0 Å². The van der Waals surface area contributed by atoms with Gasteiger partial charge in [-0.05, 0) is 30.6 Å². The lowest BCUT2D eigenvalue weighted by molar-refractivity contribution is -0.116. The fraction of sp³-hybridized carbons (Fsp3) is 0.632. The number of isocyanates is 1. The second-order valence-corrected chi connectivity index (χ2v) is 6.34. The van der Waals surface area contributed by atoms with Crippen LogP contribution in [0, 0.1) is 11.8 Å². The molecular weight excluding hydrogens is 322 g/mol. The van der Waals surface area contributed by atoms with E-state index in [1.807, 2.05) is 0 Å². The molecule has 0 saturated heterocycles. The van der Waals surface area contributed by atoms with Crippen LogP contribution in [0.15, 0.2) is 28.8 Å². The number of ketones is 2. The molecule has 25 heavy (non-hydrogen) atoms. The van der Waals surface area contributed by atoms with Crippen molar-refractivity contribution in [3.63, 3.8) is 0 Å². The van der Waals surface area contributed by atoms with Gasteiger partial charge in [0.2, 0.25) is 6.08 Å². The normalized spacial score (nSPS) is 19.0. The molecule has 0 amide bonds. The Kier molecular flexibility index (Phi) is 9.21. The molecule has 0 radical (unpaired) electrons. The third-order valence-corrected chi connectivity index (χ3v) is 4.49. The zero-order chi connectivity index (χ0) is 18.8. The molecule has 0 aliphatic heterocycles. The second kappa shape index (κ2) is 10.9. The van der Waals surface area contributed by atoms with Gasteiger partial charge in [-0.1, -0.05) is 26.7 Å². The SMILES string of the molecule is CCCC(C)CC(C1=CC(=O)C=CC1=O)C(OC)C(CN=C=O)OC. The van der Waals surface area contributed by atoms with Crippen molar-refractivity contribution in [1.29, 1.82) is 0 Å². The van der Waals surface area contributed by atoms with Crippen LogP contribution < -0.4 is 0 Å². The predicted molar refractivity (Wildman–Crippen MR) is 94.0 cm³/mol. The summed E-state index contributed by atoms with van der Waals surface area (Å²) in [7, 11) is 3.04. The fourth-order valence-electron chi connectivity index (χ4n) is 3.31.